The van der Waals surface area contributed by atoms with Gasteiger partial charge < -0.3 is 19.9 Å². The first-order valence-corrected chi connectivity index (χ1v) is 9.35. The number of para-hydroxylation sites is 1. The molecule has 0 radical (unpaired) electrons. The molecule has 4 rings (SSSR count). The first-order valence-electron chi connectivity index (χ1n) is 9.35. The molecule has 0 unspecified atom stereocenters. The van der Waals surface area contributed by atoms with E-state index in [0.29, 0.717) is 24.6 Å². The van der Waals surface area contributed by atoms with Crippen molar-refractivity contribution >= 4 is 11.6 Å². The number of benzene rings is 2. The van der Waals surface area contributed by atoms with Crippen molar-refractivity contribution in [2.75, 3.05) is 31.7 Å². The molecule has 2 N–H and O–H groups in total. The van der Waals surface area contributed by atoms with Gasteiger partial charge in [0.05, 0.1) is 12.0 Å². The Kier molecular flexibility index (Phi) is 5.27. The fourth-order valence-electron chi connectivity index (χ4n) is 3.67. The van der Waals surface area contributed by atoms with Gasteiger partial charge in [0.15, 0.2) is 11.5 Å². The Labute approximate surface area is 158 Å². The van der Waals surface area contributed by atoms with Crippen molar-refractivity contribution in [1.82, 2.24) is 4.90 Å². The van der Waals surface area contributed by atoms with Gasteiger partial charge in [-0.3, -0.25) is 9.69 Å². The Morgan fingerprint density at radius 1 is 1.19 bits per heavy atom. The summed E-state index contributed by atoms with van der Waals surface area (Å²) >= 11 is 0. The number of piperidine rings is 1. The topological polar surface area (TPSA) is 71.0 Å². The van der Waals surface area contributed by atoms with Crippen LogP contribution in [0.15, 0.2) is 48.5 Å². The summed E-state index contributed by atoms with van der Waals surface area (Å²) in [5.41, 5.74) is 1.62. The second kappa shape index (κ2) is 7.98. The Morgan fingerprint density at radius 2 is 2.00 bits per heavy atom. The molecule has 2 aromatic rings. The molecule has 0 aliphatic carbocycles. The Hall–Kier alpha value is -2.57. The van der Waals surface area contributed by atoms with Gasteiger partial charge in [-0.05, 0) is 49.2 Å². The zero-order chi connectivity index (χ0) is 18.6. The van der Waals surface area contributed by atoms with E-state index in [1.807, 2.05) is 48.5 Å². The Morgan fingerprint density at radius 3 is 2.85 bits per heavy atom. The maximum Gasteiger partial charge on any atom is 0.231 e. The molecular weight excluding hydrogens is 344 g/mol. The lowest BCUT2D eigenvalue weighted by atomic mass is 9.96. The number of carbonyl (C=O) groups is 1. The molecule has 2 heterocycles. The van der Waals surface area contributed by atoms with E-state index < -0.39 is 6.10 Å². The average molecular weight is 368 g/mol. The smallest absolute Gasteiger partial charge is 0.231 e. The lowest BCUT2D eigenvalue weighted by molar-refractivity contribution is -0.121. The summed E-state index contributed by atoms with van der Waals surface area (Å²) in [7, 11) is 0. The van der Waals surface area contributed by atoms with Gasteiger partial charge in [-0.15, -0.1) is 0 Å². The van der Waals surface area contributed by atoms with E-state index in [-0.39, 0.29) is 18.6 Å². The molecule has 1 fully saturated rings. The number of aliphatic hydroxyl groups is 1. The molecule has 2 aromatic carbocycles. The van der Waals surface area contributed by atoms with E-state index in [0.717, 1.165) is 30.6 Å². The Bertz CT molecular complexity index is 796. The lowest BCUT2D eigenvalue weighted by Gasteiger charge is -2.33. The van der Waals surface area contributed by atoms with Gasteiger partial charge in [0.2, 0.25) is 12.7 Å². The number of likely N-dealkylation sites (tertiary alicyclic amines) is 1. The highest BCUT2D eigenvalue weighted by atomic mass is 16.7. The summed E-state index contributed by atoms with van der Waals surface area (Å²) in [4.78, 5) is 14.7. The standard InChI is InChI=1S/C21H24N2O4/c24-18(15-8-9-19-20(11-15)27-14-26-19)13-23-10-4-5-16(12-23)21(25)22-17-6-2-1-3-7-17/h1-3,6-9,11,16,18,24H,4-5,10,12-14H2,(H,22,25)/t16-,18-/m1/s1. The second-order valence-corrected chi connectivity index (χ2v) is 7.08. The first kappa shape index (κ1) is 17.8. The maximum atomic E-state index is 12.6. The molecular formula is C21H24N2O4. The van der Waals surface area contributed by atoms with Crippen LogP contribution in [0.2, 0.25) is 0 Å². The molecule has 6 heteroatoms. The SMILES string of the molecule is O=C(Nc1ccccc1)[C@@H]1CCCN(C[C@@H](O)c2ccc3c(c2)OCO3)C1. The average Bonchev–Trinajstić information content (AvgIpc) is 3.17. The van der Waals surface area contributed by atoms with Crippen LogP contribution >= 0.6 is 0 Å². The van der Waals surface area contributed by atoms with Gasteiger partial charge in [-0.1, -0.05) is 24.3 Å². The van der Waals surface area contributed by atoms with Gasteiger partial charge in [0.1, 0.15) is 0 Å². The minimum atomic E-state index is -0.629. The van der Waals surface area contributed by atoms with E-state index in [1.165, 1.54) is 0 Å². The normalized spacial score (nSPS) is 20.3. The number of carbonyl (C=O) groups excluding carboxylic acids is 1. The van der Waals surface area contributed by atoms with Crippen molar-refractivity contribution in [2.24, 2.45) is 5.92 Å². The fraction of sp³-hybridized carbons (Fsp3) is 0.381. The quantitative estimate of drug-likeness (QED) is 0.849. The number of β-amino-alcohol motifs (C(OH)–C–C–N with tert-alkyl or cyclic N) is 1. The second-order valence-electron chi connectivity index (χ2n) is 7.08. The zero-order valence-electron chi connectivity index (χ0n) is 15.1. The summed E-state index contributed by atoms with van der Waals surface area (Å²) < 4.78 is 10.7. The van der Waals surface area contributed by atoms with Crippen LogP contribution in [-0.4, -0.2) is 42.3 Å². The highest BCUT2D eigenvalue weighted by Crippen LogP contribution is 2.34. The van der Waals surface area contributed by atoms with E-state index in [2.05, 4.69) is 10.2 Å². The van der Waals surface area contributed by atoms with Gasteiger partial charge in [-0.2, -0.15) is 0 Å². The molecule has 0 aromatic heterocycles. The molecule has 0 bridgehead atoms. The number of fused-ring (bicyclic) bond motifs is 1. The minimum absolute atomic E-state index is 0.0449. The van der Waals surface area contributed by atoms with E-state index in [4.69, 9.17) is 9.47 Å². The summed E-state index contributed by atoms with van der Waals surface area (Å²) in [6.07, 6.45) is 1.19. The molecule has 0 saturated carbocycles. The van der Waals surface area contributed by atoms with Crippen LogP contribution in [0.4, 0.5) is 5.69 Å². The molecule has 27 heavy (non-hydrogen) atoms. The summed E-state index contributed by atoms with van der Waals surface area (Å²) in [5.74, 6) is 1.36. The van der Waals surface area contributed by atoms with Crippen LogP contribution < -0.4 is 14.8 Å². The van der Waals surface area contributed by atoms with Crippen molar-refractivity contribution in [1.29, 1.82) is 0 Å². The highest BCUT2D eigenvalue weighted by Gasteiger charge is 2.27. The van der Waals surface area contributed by atoms with E-state index >= 15 is 0 Å². The van der Waals surface area contributed by atoms with Crippen LogP contribution in [0, 0.1) is 5.92 Å². The number of rotatable bonds is 5. The van der Waals surface area contributed by atoms with Crippen molar-refractivity contribution in [3.05, 3.63) is 54.1 Å². The fourth-order valence-corrected chi connectivity index (χ4v) is 3.67. The molecule has 0 spiro atoms. The molecule has 2 aliphatic rings. The summed E-state index contributed by atoms with van der Waals surface area (Å²) in [6.45, 7) is 2.25. The lowest BCUT2D eigenvalue weighted by Crippen LogP contribution is -2.42. The molecule has 6 nitrogen and oxygen atoms in total. The predicted molar refractivity (Wildman–Crippen MR) is 102 cm³/mol. The van der Waals surface area contributed by atoms with Crippen LogP contribution in [0.25, 0.3) is 0 Å². The van der Waals surface area contributed by atoms with Crippen LogP contribution in [-0.2, 0) is 4.79 Å². The largest absolute Gasteiger partial charge is 0.454 e. The number of ether oxygens (including phenoxy) is 2. The third kappa shape index (κ3) is 4.23. The minimum Gasteiger partial charge on any atom is -0.454 e. The third-order valence-electron chi connectivity index (χ3n) is 5.13. The maximum absolute atomic E-state index is 12.6. The monoisotopic (exact) mass is 368 g/mol. The van der Waals surface area contributed by atoms with Gasteiger partial charge in [0, 0.05) is 18.8 Å². The number of nitrogens with zero attached hydrogens (tertiary/aromatic N) is 1. The van der Waals surface area contributed by atoms with Crippen LogP contribution in [0.1, 0.15) is 24.5 Å². The molecule has 1 saturated heterocycles. The molecule has 1 amide bonds. The van der Waals surface area contributed by atoms with Crippen LogP contribution in [0.5, 0.6) is 11.5 Å². The first-order chi connectivity index (χ1) is 13.2. The van der Waals surface area contributed by atoms with Crippen molar-refractivity contribution in [2.45, 2.75) is 18.9 Å². The summed E-state index contributed by atoms with van der Waals surface area (Å²) in [5, 5.41) is 13.6. The Balaban J connectivity index is 1.34. The van der Waals surface area contributed by atoms with E-state index in [1.54, 1.807) is 0 Å². The van der Waals surface area contributed by atoms with Crippen molar-refractivity contribution < 1.29 is 19.4 Å². The predicted octanol–water partition coefficient (Wildman–Crippen LogP) is 2.80. The zero-order valence-corrected chi connectivity index (χ0v) is 15.1. The molecule has 2 aliphatic heterocycles. The number of aliphatic hydroxyl groups excluding tert-OH is 1. The number of amides is 1. The third-order valence-corrected chi connectivity index (χ3v) is 5.13. The number of anilines is 1. The van der Waals surface area contributed by atoms with E-state index in [9.17, 15) is 9.90 Å². The molecule has 2 atom stereocenters. The summed E-state index contributed by atoms with van der Waals surface area (Å²) in [6, 6.07) is 15.0. The number of hydrogen-bond acceptors (Lipinski definition) is 5. The van der Waals surface area contributed by atoms with Gasteiger partial charge in [0.25, 0.3) is 0 Å². The van der Waals surface area contributed by atoms with Gasteiger partial charge in [-0.25, -0.2) is 0 Å². The van der Waals surface area contributed by atoms with Crippen molar-refractivity contribution in [3.8, 4) is 11.5 Å². The van der Waals surface area contributed by atoms with Crippen molar-refractivity contribution in [3.63, 3.8) is 0 Å². The highest BCUT2D eigenvalue weighted by molar-refractivity contribution is 5.92. The molecule has 142 valence electrons. The van der Waals surface area contributed by atoms with Crippen LogP contribution in [0.3, 0.4) is 0 Å². The van der Waals surface area contributed by atoms with Gasteiger partial charge >= 0.3 is 0 Å². The number of hydrogen-bond donors (Lipinski definition) is 2. The number of nitrogens with one attached hydrogen (secondary N) is 1.